The molecule has 24 heavy (non-hydrogen) atoms. The number of aromatic amines is 1. The number of H-pyrrole nitrogens is 1. The molecule has 1 fully saturated rings. The van der Waals surface area contributed by atoms with Crippen molar-refractivity contribution in [2.45, 2.75) is 46.6 Å². The Bertz CT molecular complexity index is 702. The molecule has 4 nitrogen and oxygen atoms in total. The Balaban J connectivity index is 1.81. The summed E-state index contributed by atoms with van der Waals surface area (Å²) < 4.78 is 0. The third kappa shape index (κ3) is 3.23. The highest BCUT2D eigenvalue weighted by Gasteiger charge is 2.34. The van der Waals surface area contributed by atoms with Crippen LogP contribution in [0.15, 0.2) is 30.5 Å². The van der Waals surface area contributed by atoms with Crippen LogP contribution in [-0.2, 0) is 4.79 Å². The van der Waals surface area contributed by atoms with Gasteiger partial charge in [0.15, 0.2) is 0 Å². The van der Waals surface area contributed by atoms with Crippen molar-refractivity contribution in [1.29, 1.82) is 0 Å². The van der Waals surface area contributed by atoms with Crippen molar-refractivity contribution >= 4 is 5.91 Å². The minimum absolute atomic E-state index is 0.0529. The average Bonchev–Trinajstić information content (AvgIpc) is 3.22. The summed E-state index contributed by atoms with van der Waals surface area (Å²) in [6, 6.07) is 8.49. The van der Waals surface area contributed by atoms with Crippen LogP contribution < -0.4 is 0 Å². The van der Waals surface area contributed by atoms with E-state index in [0.717, 1.165) is 36.5 Å². The zero-order chi connectivity index (χ0) is 17.3. The monoisotopic (exact) mass is 325 g/mol. The van der Waals surface area contributed by atoms with Crippen molar-refractivity contribution in [3.05, 3.63) is 41.9 Å². The molecule has 4 heteroatoms. The number of amides is 1. The molecule has 3 rings (SSSR count). The van der Waals surface area contributed by atoms with Gasteiger partial charge in [-0.1, -0.05) is 50.6 Å². The summed E-state index contributed by atoms with van der Waals surface area (Å²) in [6.45, 7) is 9.16. The number of rotatable bonds is 4. The molecule has 2 aromatic rings. The van der Waals surface area contributed by atoms with Crippen LogP contribution in [0.5, 0.6) is 0 Å². The zero-order valence-corrected chi connectivity index (χ0v) is 15.0. The van der Waals surface area contributed by atoms with Gasteiger partial charge in [-0.2, -0.15) is 0 Å². The van der Waals surface area contributed by atoms with E-state index < -0.39 is 0 Å². The molecule has 0 bridgehead atoms. The molecule has 2 heterocycles. The number of benzene rings is 1. The van der Waals surface area contributed by atoms with Gasteiger partial charge in [-0.15, -0.1) is 0 Å². The molecule has 0 radical (unpaired) electrons. The van der Waals surface area contributed by atoms with Crippen molar-refractivity contribution in [3.63, 3.8) is 0 Å². The fraction of sp³-hybridized carbons (Fsp3) is 0.500. The summed E-state index contributed by atoms with van der Waals surface area (Å²) >= 11 is 0. The molecule has 0 spiro atoms. The van der Waals surface area contributed by atoms with E-state index in [4.69, 9.17) is 0 Å². The number of carbonyl (C=O) groups is 1. The highest BCUT2D eigenvalue weighted by molar-refractivity contribution is 5.79. The number of hydrogen-bond acceptors (Lipinski definition) is 2. The molecular weight excluding hydrogens is 298 g/mol. The van der Waals surface area contributed by atoms with Crippen molar-refractivity contribution < 1.29 is 4.79 Å². The van der Waals surface area contributed by atoms with E-state index in [2.05, 4.69) is 55.0 Å². The fourth-order valence-corrected chi connectivity index (χ4v) is 3.25. The Morgan fingerprint density at radius 3 is 2.62 bits per heavy atom. The number of aromatic nitrogens is 2. The quantitative estimate of drug-likeness (QED) is 0.909. The predicted octanol–water partition coefficient (Wildman–Crippen LogP) is 4.34. The second-order valence-corrected chi connectivity index (χ2v) is 7.27. The van der Waals surface area contributed by atoms with Crippen molar-refractivity contribution in [2.75, 3.05) is 6.54 Å². The first-order valence-electron chi connectivity index (χ1n) is 8.89. The zero-order valence-electron chi connectivity index (χ0n) is 15.0. The Morgan fingerprint density at radius 1 is 1.25 bits per heavy atom. The van der Waals surface area contributed by atoms with Crippen LogP contribution in [0.3, 0.4) is 0 Å². The van der Waals surface area contributed by atoms with Gasteiger partial charge in [0.05, 0.1) is 17.9 Å². The summed E-state index contributed by atoms with van der Waals surface area (Å²) in [4.78, 5) is 22.8. The molecule has 1 N–H and O–H groups in total. The molecule has 1 amide bonds. The van der Waals surface area contributed by atoms with Gasteiger partial charge in [0, 0.05) is 12.5 Å². The minimum Gasteiger partial charge on any atom is -0.340 e. The molecule has 1 unspecified atom stereocenters. The molecule has 1 saturated heterocycles. The first-order valence-corrected chi connectivity index (χ1v) is 8.89. The number of nitrogens with zero attached hydrogens (tertiary/aromatic N) is 2. The molecule has 1 aromatic heterocycles. The Hall–Kier alpha value is -2.10. The first kappa shape index (κ1) is 16.7. The van der Waals surface area contributed by atoms with E-state index in [-0.39, 0.29) is 17.9 Å². The second kappa shape index (κ2) is 6.80. The number of hydrogen-bond donors (Lipinski definition) is 1. The van der Waals surface area contributed by atoms with E-state index in [1.165, 1.54) is 5.56 Å². The lowest BCUT2D eigenvalue weighted by molar-refractivity contribution is -0.137. The van der Waals surface area contributed by atoms with Crippen LogP contribution in [0.1, 0.15) is 51.0 Å². The Morgan fingerprint density at radius 2 is 1.96 bits per heavy atom. The Kier molecular flexibility index (Phi) is 4.74. The van der Waals surface area contributed by atoms with Crippen LogP contribution in [-0.4, -0.2) is 27.3 Å². The predicted molar refractivity (Wildman–Crippen MR) is 96.5 cm³/mol. The van der Waals surface area contributed by atoms with Crippen molar-refractivity contribution in [3.8, 4) is 11.3 Å². The minimum atomic E-state index is 0.0529. The van der Waals surface area contributed by atoms with Crippen LogP contribution >= 0.6 is 0 Å². The maximum Gasteiger partial charge on any atom is 0.226 e. The smallest absolute Gasteiger partial charge is 0.226 e. The van der Waals surface area contributed by atoms with Gasteiger partial charge in [0.25, 0.3) is 0 Å². The van der Waals surface area contributed by atoms with Gasteiger partial charge in [-0.3, -0.25) is 4.79 Å². The number of likely N-dealkylation sites (tertiary alicyclic amines) is 1. The summed E-state index contributed by atoms with van der Waals surface area (Å²) in [5, 5.41) is 0. The number of carbonyl (C=O) groups excluding carboxylic acids is 1. The van der Waals surface area contributed by atoms with Crippen molar-refractivity contribution in [1.82, 2.24) is 14.9 Å². The number of aryl methyl sites for hydroxylation is 1. The van der Waals surface area contributed by atoms with E-state index >= 15 is 0 Å². The maximum absolute atomic E-state index is 12.8. The highest BCUT2D eigenvalue weighted by atomic mass is 16.2. The molecule has 0 saturated carbocycles. The van der Waals surface area contributed by atoms with E-state index in [1.807, 2.05) is 18.0 Å². The number of imidazole rings is 1. The largest absolute Gasteiger partial charge is 0.340 e. The summed E-state index contributed by atoms with van der Waals surface area (Å²) in [5.74, 6) is 1.57. The summed E-state index contributed by atoms with van der Waals surface area (Å²) in [7, 11) is 0. The molecule has 1 aliphatic rings. The molecule has 0 aliphatic carbocycles. The third-order valence-electron chi connectivity index (χ3n) is 5.20. The van der Waals surface area contributed by atoms with Crippen molar-refractivity contribution in [2.24, 2.45) is 11.8 Å². The van der Waals surface area contributed by atoms with Crippen LogP contribution in [0.4, 0.5) is 0 Å². The van der Waals surface area contributed by atoms with Gasteiger partial charge in [-0.25, -0.2) is 4.98 Å². The van der Waals surface area contributed by atoms with Crippen LogP contribution in [0, 0.1) is 18.8 Å². The maximum atomic E-state index is 12.8. The molecule has 128 valence electrons. The Labute approximate surface area is 144 Å². The van der Waals surface area contributed by atoms with Gasteiger partial charge in [0.1, 0.15) is 5.82 Å². The average molecular weight is 325 g/mol. The third-order valence-corrected chi connectivity index (χ3v) is 5.20. The molecule has 1 aromatic carbocycles. The van der Waals surface area contributed by atoms with Crippen LogP contribution in [0.25, 0.3) is 11.3 Å². The van der Waals surface area contributed by atoms with Gasteiger partial charge in [-0.05, 0) is 31.2 Å². The van der Waals surface area contributed by atoms with E-state index in [1.54, 1.807) is 0 Å². The fourth-order valence-electron chi connectivity index (χ4n) is 3.25. The van der Waals surface area contributed by atoms with Gasteiger partial charge in [0.2, 0.25) is 5.91 Å². The lowest BCUT2D eigenvalue weighted by atomic mass is 9.96. The lowest BCUT2D eigenvalue weighted by Gasteiger charge is -2.27. The summed E-state index contributed by atoms with van der Waals surface area (Å²) in [6.07, 6.45) is 3.91. The summed E-state index contributed by atoms with van der Waals surface area (Å²) in [5.41, 5.74) is 3.39. The molecule has 2 atom stereocenters. The standard InChI is InChI=1S/C20H27N3O/c1-13(2)15(4)20(24)23-11-5-6-18(23)19-21-12-17(22-19)16-9-7-14(3)8-10-16/h7-10,12-13,15,18H,5-6,11H2,1-4H3,(H,21,22)/t15-,18?/m1/s1. The van der Waals surface area contributed by atoms with E-state index in [0.29, 0.717) is 5.92 Å². The second-order valence-electron chi connectivity index (χ2n) is 7.27. The van der Waals surface area contributed by atoms with Gasteiger partial charge < -0.3 is 9.88 Å². The first-order chi connectivity index (χ1) is 11.5. The number of nitrogens with one attached hydrogen (secondary N) is 1. The molecule has 1 aliphatic heterocycles. The van der Waals surface area contributed by atoms with Gasteiger partial charge >= 0.3 is 0 Å². The topological polar surface area (TPSA) is 49.0 Å². The normalized spacial score (nSPS) is 19.0. The SMILES string of the molecule is Cc1ccc(-c2cnc(C3CCCN3C(=O)[C@H](C)C(C)C)[nH]2)cc1. The van der Waals surface area contributed by atoms with E-state index in [9.17, 15) is 4.79 Å². The van der Waals surface area contributed by atoms with Crippen LogP contribution in [0.2, 0.25) is 0 Å². The highest BCUT2D eigenvalue weighted by Crippen LogP contribution is 2.33. The molecular formula is C20H27N3O. The lowest BCUT2D eigenvalue weighted by Crippen LogP contribution is -2.36.